The third-order valence-electron chi connectivity index (χ3n) is 4.08. The van der Waals surface area contributed by atoms with Gasteiger partial charge in [0.05, 0.1) is 25.5 Å². The van der Waals surface area contributed by atoms with Gasteiger partial charge >= 0.3 is 5.97 Å². The summed E-state index contributed by atoms with van der Waals surface area (Å²) in [6.45, 7) is 1.95. The fourth-order valence-corrected chi connectivity index (χ4v) is 2.73. The van der Waals surface area contributed by atoms with Crippen LogP contribution in [0.25, 0.3) is 0 Å². The second-order valence-corrected chi connectivity index (χ2v) is 6.12. The summed E-state index contributed by atoms with van der Waals surface area (Å²) in [7, 11) is 0. The summed E-state index contributed by atoms with van der Waals surface area (Å²) in [4.78, 5) is 24.9. The predicted octanol–water partition coefficient (Wildman–Crippen LogP) is 3.55. The average molecular weight is 379 g/mol. The molecular formula is C22H21NO5. The Balaban J connectivity index is 1.96. The molecule has 3 aromatic rings. The highest BCUT2D eigenvalue weighted by atomic mass is 16.5. The van der Waals surface area contributed by atoms with E-state index in [2.05, 4.69) is 0 Å². The quantitative estimate of drug-likeness (QED) is 0.635. The number of aliphatic hydroxyl groups is 1. The van der Waals surface area contributed by atoms with Gasteiger partial charge in [0, 0.05) is 6.20 Å². The topological polar surface area (TPSA) is 77.8 Å². The molecule has 0 fully saturated rings. The minimum atomic E-state index is -0.816. The predicted molar refractivity (Wildman–Crippen MR) is 105 cm³/mol. The Morgan fingerprint density at radius 2 is 1.68 bits per heavy atom. The molecule has 1 N–H and O–H groups in total. The van der Waals surface area contributed by atoms with E-state index in [9.17, 15) is 14.7 Å². The van der Waals surface area contributed by atoms with Gasteiger partial charge in [-0.25, -0.2) is 4.79 Å². The Morgan fingerprint density at radius 3 is 2.32 bits per heavy atom. The lowest BCUT2D eigenvalue weighted by atomic mass is 10.1. The lowest BCUT2D eigenvalue weighted by molar-refractivity contribution is 0.0522. The highest BCUT2D eigenvalue weighted by Crippen LogP contribution is 2.20. The number of pyridine rings is 1. The smallest absolute Gasteiger partial charge is 0.343 e. The van der Waals surface area contributed by atoms with Gasteiger partial charge in [0.15, 0.2) is 5.75 Å². The fourth-order valence-electron chi connectivity index (χ4n) is 2.73. The second kappa shape index (κ2) is 9.01. The van der Waals surface area contributed by atoms with Crippen molar-refractivity contribution in [2.24, 2.45) is 0 Å². The maximum atomic E-state index is 12.7. The molecule has 0 radical (unpaired) electrons. The Hall–Kier alpha value is -3.38. The van der Waals surface area contributed by atoms with Gasteiger partial charge in [-0.05, 0) is 24.6 Å². The van der Waals surface area contributed by atoms with Gasteiger partial charge in [-0.2, -0.15) is 0 Å². The van der Waals surface area contributed by atoms with Crippen LogP contribution in [0.15, 0.2) is 77.9 Å². The van der Waals surface area contributed by atoms with E-state index in [0.29, 0.717) is 5.75 Å². The number of aromatic nitrogens is 1. The van der Waals surface area contributed by atoms with E-state index < -0.39 is 17.5 Å². The molecule has 6 nitrogen and oxygen atoms in total. The van der Waals surface area contributed by atoms with Crippen molar-refractivity contribution in [2.75, 3.05) is 6.61 Å². The van der Waals surface area contributed by atoms with E-state index in [-0.39, 0.29) is 24.5 Å². The molecule has 0 saturated carbocycles. The van der Waals surface area contributed by atoms with Gasteiger partial charge in [-0.3, -0.25) is 4.79 Å². The molecule has 1 atom stereocenters. The van der Waals surface area contributed by atoms with E-state index in [4.69, 9.17) is 9.47 Å². The normalized spacial score (nSPS) is 11.6. The van der Waals surface area contributed by atoms with Crippen LogP contribution in [0.2, 0.25) is 0 Å². The number of rotatable bonds is 7. The summed E-state index contributed by atoms with van der Waals surface area (Å²) < 4.78 is 12.2. The van der Waals surface area contributed by atoms with Crippen molar-refractivity contribution in [3.05, 3.63) is 94.4 Å². The van der Waals surface area contributed by atoms with Crippen LogP contribution in [-0.4, -0.2) is 22.2 Å². The molecular weight excluding hydrogens is 358 g/mol. The largest absolute Gasteiger partial charge is 0.462 e. The number of benzene rings is 2. The van der Waals surface area contributed by atoms with Crippen LogP contribution >= 0.6 is 0 Å². The number of aliphatic hydroxyl groups excluding tert-OH is 1. The molecule has 0 aliphatic carbocycles. The van der Waals surface area contributed by atoms with E-state index >= 15 is 0 Å². The molecule has 0 aliphatic heterocycles. The van der Waals surface area contributed by atoms with Gasteiger partial charge in [0.2, 0.25) is 5.43 Å². The number of hydrogen-bond donors (Lipinski definition) is 1. The summed E-state index contributed by atoms with van der Waals surface area (Å²) in [6, 6.07) is 17.9. The monoisotopic (exact) mass is 379 g/mol. The van der Waals surface area contributed by atoms with Crippen molar-refractivity contribution in [1.82, 2.24) is 4.57 Å². The van der Waals surface area contributed by atoms with Gasteiger partial charge in [-0.15, -0.1) is 0 Å². The molecule has 2 aromatic carbocycles. The highest BCUT2D eigenvalue weighted by Gasteiger charge is 2.19. The highest BCUT2D eigenvalue weighted by molar-refractivity contribution is 5.89. The van der Waals surface area contributed by atoms with Crippen LogP contribution < -0.4 is 10.2 Å². The minimum absolute atomic E-state index is 0.0167. The van der Waals surface area contributed by atoms with Crippen LogP contribution in [0.3, 0.4) is 0 Å². The average Bonchev–Trinajstić information content (AvgIpc) is 2.72. The summed E-state index contributed by atoms with van der Waals surface area (Å²) >= 11 is 0. The van der Waals surface area contributed by atoms with Crippen molar-refractivity contribution >= 4 is 5.97 Å². The molecule has 3 rings (SSSR count). The number of ether oxygens (including phenoxy) is 2. The summed E-state index contributed by atoms with van der Waals surface area (Å²) in [6.07, 6.45) is 2.04. The fraction of sp³-hybridized carbons (Fsp3) is 0.182. The van der Waals surface area contributed by atoms with Crippen molar-refractivity contribution in [3.63, 3.8) is 0 Å². The number of carbonyl (C=O) groups is 1. The first-order valence-electron chi connectivity index (χ1n) is 8.95. The Bertz CT molecular complexity index is 983. The third-order valence-corrected chi connectivity index (χ3v) is 4.08. The molecule has 1 heterocycles. The van der Waals surface area contributed by atoms with Gasteiger partial charge < -0.3 is 19.1 Å². The van der Waals surface area contributed by atoms with E-state index in [0.717, 1.165) is 5.56 Å². The summed E-state index contributed by atoms with van der Waals surface area (Å²) in [5.74, 6) is -0.276. The second-order valence-electron chi connectivity index (χ2n) is 6.12. The molecule has 144 valence electrons. The summed E-state index contributed by atoms with van der Waals surface area (Å²) in [5.41, 5.74) is 0.0210. The molecule has 0 spiro atoms. The van der Waals surface area contributed by atoms with Gasteiger partial charge in [0.1, 0.15) is 11.3 Å². The van der Waals surface area contributed by atoms with Crippen LogP contribution in [0.4, 0.5) is 0 Å². The van der Waals surface area contributed by atoms with Crippen LogP contribution in [0.5, 0.6) is 11.5 Å². The molecule has 28 heavy (non-hydrogen) atoms. The number of hydrogen-bond acceptors (Lipinski definition) is 5. The molecule has 0 saturated heterocycles. The molecule has 1 aromatic heterocycles. The van der Waals surface area contributed by atoms with E-state index in [1.54, 1.807) is 47.9 Å². The number of nitrogens with zero attached hydrogens (tertiary/aromatic N) is 1. The molecule has 0 bridgehead atoms. The van der Waals surface area contributed by atoms with E-state index in [1.807, 2.05) is 24.3 Å². The zero-order valence-corrected chi connectivity index (χ0v) is 15.4. The zero-order chi connectivity index (χ0) is 19.9. The first-order chi connectivity index (χ1) is 13.6. The first-order valence-corrected chi connectivity index (χ1v) is 8.95. The Kier molecular flexibility index (Phi) is 6.24. The molecule has 0 amide bonds. The Morgan fingerprint density at radius 1 is 1.04 bits per heavy atom. The molecule has 1 unspecified atom stereocenters. The number of para-hydroxylation sites is 1. The summed E-state index contributed by atoms with van der Waals surface area (Å²) in [5, 5.41) is 10.5. The van der Waals surface area contributed by atoms with Crippen molar-refractivity contribution < 1.29 is 19.4 Å². The first kappa shape index (κ1) is 19.4. The van der Waals surface area contributed by atoms with Crippen molar-refractivity contribution in [3.8, 4) is 11.5 Å². The van der Waals surface area contributed by atoms with E-state index in [1.165, 1.54) is 12.4 Å². The lowest BCUT2D eigenvalue weighted by Gasteiger charge is -2.16. The maximum Gasteiger partial charge on any atom is 0.343 e. The number of carbonyl (C=O) groups excluding carboxylic acids is 1. The van der Waals surface area contributed by atoms with Crippen molar-refractivity contribution in [1.29, 1.82) is 0 Å². The van der Waals surface area contributed by atoms with Crippen LogP contribution in [-0.2, 0) is 11.3 Å². The lowest BCUT2D eigenvalue weighted by Crippen LogP contribution is -2.22. The third kappa shape index (κ3) is 4.66. The Labute approximate surface area is 162 Å². The number of esters is 1. The van der Waals surface area contributed by atoms with Crippen LogP contribution in [0.1, 0.15) is 28.9 Å². The van der Waals surface area contributed by atoms with Crippen molar-refractivity contribution in [2.45, 2.75) is 19.6 Å². The standard InChI is InChI=1S/C22H21NO5/c1-2-27-22(26)18-13-23(14-19(24)16-9-5-3-6-10-16)15-20(21(18)25)28-17-11-7-4-8-12-17/h3-13,15,19,24H,2,14H2,1H3. The SMILES string of the molecule is CCOC(=O)c1cn(CC(O)c2ccccc2)cc(Oc2ccccc2)c1=O. The maximum absolute atomic E-state index is 12.7. The van der Waals surface area contributed by atoms with Gasteiger partial charge in [0.25, 0.3) is 0 Å². The van der Waals surface area contributed by atoms with Crippen LogP contribution in [0, 0.1) is 0 Å². The van der Waals surface area contributed by atoms with Gasteiger partial charge in [-0.1, -0.05) is 48.5 Å². The molecule has 6 heteroatoms. The zero-order valence-electron chi connectivity index (χ0n) is 15.4. The molecule has 0 aliphatic rings. The minimum Gasteiger partial charge on any atom is -0.462 e.